The summed E-state index contributed by atoms with van der Waals surface area (Å²) >= 11 is 0. The first kappa shape index (κ1) is 38.2. The molecule has 2 amide bonds. The highest BCUT2D eigenvalue weighted by molar-refractivity contribution is 6.91. The second-order valence-electron chi connectivity index (χ2n) is 15.8. The van der Waals surface area contributed by atoms with E-state index in [1.807, 2.05) is 66.9 Å². The summed E-state index contributed by atoms with van der Waals surface area (Å²) in [5, 5.41) is 31.3. The van der Waals surface area contributed by atoms with E-state index < -0.39 is 24.7 Å². The molecule has 1 aromatic heterocycles. The van der Waals surface area contributed by atoms with Gasteiger partial charge in [-0.3, -0.25) is 29.3 Å². The van der Waals surface area contributed by atoms with Crippen LogP contribution in [0.1, 0.15) is 42.1 Å². The highest BCUT2D eigenvalue weighted by Gasteiger charge is 2.66. The van der Waals surface area contributed by atoms with E-state index >= 15 is 4.79 Å². The molecule has 4 atom stereocenters. The van der Waals surface area contributed by atoms with Gasteiger partial charge in [-0.25, -0.2) is 0 Å². The summed E-state index contributed by atoms with van der Waals surface area (Å²) in [7, 11) is -0.843. The fraction of sp³-hybridized carbons (Fsp3) is 0.349. The Morgan fingerprint density at radius 2 is 1.75 bits per heavy atom. The molecule has 1 spiro atoms. The largest absolute Gasteiger partial charge is 0.497 e. The molecule has 0 saturated carbocycles. The van der Waals surface area contributed by atoms with E-state index in [9.17, 15) is 20.0 Å². The maximum atomic E-state index is 15.3. The predicted molar refractivity (Wildman–Crippen MR) is 218 cm³/mol. The van der Waals surface area contributed by atoms with Gasteiger partial charge in [-0.1, -0.05) is 72.9 Å². The van der Waals surface area contributed by atoms with Crippen LogP contribution in [-0.2, 0) is 45.9 Å². The van der Waals surface area contributed by atoms with Crippen LogP contribution in [0, 0.1) is 16.0 Å². The summed E-state index contributed by atoms with van der Waals surface area (Å²) in [4.78, 5) is 43.7. The summed E-state index contributed by atoms with van der Waals surface area (Å²) in [6, 6.07) is 28.3. The summed E-state index contributed by atoms with van der Waals surface area (Å²) in [5.74, 6) is 0.159. The third-order valence-corrected chi connectivity index (χ3v) is 16.6. The maximum Gasteiger partial charge on any atom is 0.269 e. The van der Waals surface area contributed by atoms with E-state index in [0.717, 1.165) is 28.3 Å². The van der Waals surface area contributed by atoms with Gasteiger partial charge in [0.1, 0.15) is 5.75 Å². The predicted octanol–water partition coefficient (Wildman–Crippen LogP) is 6.19. The number of hydrogen-bond acceptors (Lipinski definition) is 9. The highest BCUT2D eigenvalue weighted by Crippen LogP contribution is 2.60. The molecular formula is C43H46N6O7Si. The molecule has 3 aliphatic rings. The van der Waals surface area contributed by atoms with Crippen molar-refractivity contribution in [1.29, 1.82) is 0 Å². The molecule has 294 valence electrons. The second kappa shape index (κ2) is 15.0. The van der Waals surface area contributed by atoms with Crippen molar-refractivity contribution in [1.82, 2.24) is 15.0 Å². The van der Waals surface area contributed by atoms with Crippen LogP contribution in [0.15, 0.2) is 97.2 Å². The van der Waals surface area contributed by atoms with Crippen LogP contribution < -0.4 is 19.7 Å². The zero-order valence-electron chi connectivity index (χ0n) is 32.5. The first-order chi connectivity index (χ1) is 27.5. The van der Waals surface area contributed by atoms with E-state index in [2.05, 4.69) is 42.5 Å². The lowest BCUT2D eigenvalue weighted by atomic mass is 9.82. The number of rotatable bonds is 12. The van der Waals surface area contributed by atoms with Gasteiger partial charge in [0.25, 0.3) is 11.6 Å². The average Bonchev–Trinajstić information content (AvgIpc) is 3.87. The minimum absolute atomic E-state index is 0.0284. The van der Waals surface area contributed by atoms with Crippen LogP contribution in [0.4, 0.5) is 22.7 Å². The van der Waals surface area contributed by atoms with Crippen LogP contribution in [0.5, 0.6) is 5.75 Å². The number of non-ortho nitro benzene ring substituents is 1. The molecule has 0 aliphatic carbocycles. The summed E-state index contributed by atoms with van der Waals surface area (Å²) in [6.07, 6.45) is 3.45. The summed E-state index contributed by atoms with van der Waals surface area (Å²) in [5.41, 5.74) is 3.65. The number of para-hydroxylation sites is 1. The van der Waals surface area contributed by atoms with Crippen molar-refractivity contribution < 1.29 is 29.1 Å². The lowest BCUT2D eigenvalue weighted by Crippen LogP contribution is -2.51. The van der Waals surface area contributed by atoms with Gasteiger partial charge >= 0.3 is 0 Å². The number of nitro groups is 1. The Balaban J connectivity index is 1.16. The van der Waals surface area contributed by atoms with Gasteiger partial charge in [0, 0.05) is 61.5 Å². The number of amides is 2. The van der Waals surface area contributed by atoms with Crippen LogP contribution in [0.25, 0.3) is 0 Å². The first-order valence-electron chi connectivity index (χ1n) is 19.4. The third kappa shape index (κ3) is 6.60. The molecule has 4 heterocycles. The topological polar surface area (TPSA) is 153 Å². The normalized spacial score (nSPS) is 21.6. The number of fused-ring (bicyclic) bond motifs is 3. The number of methoxy groups -OCH3 is 1. The highest BCUT2D eigenvalue weighted by atomic mass is 28.3. The smallest absolute Gasteiger partial charge is 0.269 e. The maximum absolute atomic E-state index is 15.3. The van der Waals surface area contributed by atoms with Crippen molar-refractivity contribution >= 4 is 47.8 Å². The van der Waals surface area contributed by atoms with Crippen LogP contribution >= 0.6 is 0 Å². The number of nitro benzene ring substituents is 1. The number of aliphatic hydroxyl groups excluding tert-OH is 1. The fourth-order valence-electron chi connectivity index (χ4n) is 9.42. The fourth-order valence-corrected chi connectivity index (χ4v) is 13.5. The number of aliphatic hydroxyl groups is 1. The molecular weight excluding hydrogens is 741 g/mol. The van der Waals surface area contributed by atoms with Crippen molar-refractivity contribution in [2.75, 3.05) is 23.5 Å². The number of nitrogens with zero attached hydrogens (tertiary/aromatic N) is 6. The SMILES string of the molecule is COc1ccc([Si](C)(C)[C@@H]2[C@@H](CCn3cc(CCO)nn3)O[C@]3(C(=O)N(Cc4ccc(N5C(=O)CCc6ccccc65)cc4)c4ccc([N+](=O)[O-])cc43)[C@H]2C)cc1. The van der Waals surface area contributed by atoms with Gasteiger partial charge in [0.15, 0.2) is 5.60 Å². The first-order valence-corrected chi connectivity index (χ1v) is 22.5. The number of hydrogen-bond donors (Lipinski definition) is 1. The van der Waals surface area contributed by atoms with Crippen LogP contribution in [-0.4, -0.2) is 64.7 Å². The van der Waals surface area contributed by atoms with Gasteiger partial charge in [-0.2, -0.15) is 0 Å². The number of benzene rings is 4. The Morgan fingerprint density at radius 3 is 2.47 bits per heavy atom. The van der Waals surface area contributed by atoms with Gasteiger partial charge in [-0.15, -0.1) is 5.10 Å². The Labute approximate surface area is 332 Å². The molecule has 4 aromatic carbocycles. The monoisotopic (exact) mass is 786 g/mol. The Kier molecular flexibility index (Phi) is 10.0. The molecule has 0 unspecified atom stereocenters. The number of carbonyl (C=O) groups is 2. The summed E-state index contributed by atoms with van der Waals surface area (Å²) in [6.45, 7) is 7.27. The molecule has 0 bridgehead atoms. The van der Waals surface area contributed by atoms with E-state index in [1.165, 1.54) is 17.3 Å². The zero-order valence-corrected chi connectivity index (χ0v) is 33.5. The van der Waals surface area contributed by atoms with E-state index in [0.29, 0.717) is 49.2 Å². The Bertz CT molecular complexity index is 2330. The number of anilines is 3. The molecule has 13 nitrogen and oxygen atoms in total. The minimum Gasteiger partial charge on any atom is -0.497 e. The molecule has 57 heavy (non-hydrogen) atoms. The third-order valence-electron chi connectivity index (χ3n) is 12.3. The van der Waals surface area contributed by atoms with Gasteiger partial charge < -0.3 is 19.5 Å². The van der Waals surface area contributed by atoms with Gasteiger partial charge in [0.05, 0.1) is 49.8 Å². The molecule has 1 saturated heterocycles. The lowest BCUT2D eigenvalue weighted by molar-refractivity contribution is -0.385. The van der Waals surface area contributed by atoms with Crippen LogP contribution in [0.2, 0.25) is 18.6 Å². The molecule has 14 heteroatoms. The molecule has 3 aliphatic heterocycles. The molecule has 1 N–H and O–H groups in total. The number of ether oxygens (including phenoxy) is 2. The lowest BCUT2D eigenvalue weighted by Gasteiger charge is -2.37. The second-order valence-corrected chi connectivity index (χ2v) is 20.5. The van der Waals surface area contributed by atoms with Crippen molar-refractivity contribution in [3.05, 3.63) is 130 Å². The number of carbonyl (C=O) groups excluding carboxylic acids is 2. The molecule has 5 aromatic rings. The van der Waals surface area contributed by atoms with Gasteiger partial charge in [0.2, 0.25) is 5.91 Å². The van der Waals surface area contributed by atoms with Gasteiger partial charge in [-0.05, 0) is 65.9 Å². The van der Waals surface area contributed by atoms with E-state index in [-0.39, 0.29) is 42.1 Å². The van der Waals surface area contributed by atoms with Crippen molar-refractivity contribution in [3.8, 4) is 5.75 Å². The summed E-state index contributed by atoms with van der Waals surface area (Å²) < 4.78 is 14.4. The van der Waals surface area contributed by atoms with E-state index in [1.54, 1.807) is 27.7 Å². The van der Waals surface area contributed by atoms with Crippen molar-refractivity contribution in [2.24, 2.45) is 5.92 Å². The molecule has 1 fully saturated rings. The number of aryl methyl sites for hydroxylation is 2. The van der Waals surface area contributed by atoms with E-state index in [4.69, 9.17) is 9.47 Å². The standard InChI is InChI=1S/C43H46N6O7Si/c1-28-41(57(3,4)35-17-15-34(55-2)16-18-35)39(21-23-46-27-31(22-24-50)44-45-46)56-43(28)36-25-33(49(53)54)14-19-38(36)47(42(43)52)26-29-9-12-32(13-10-29)48-37-8-6-5-7-30(37)11-20-40(48)51/h5-10,12-19,25,27-28,39,41,50H,11,20-24,26H2,1-4H3/t28-,39+,41-,43+/m0/s1. The van der Waals surface area contributed by atoms with Crippen LogP contribution in [0.3, 0.4) is 0 Å². The Hall–Kier alpha value is -5.70. The Morgan fingerprint density at radius 1 is 1.00 bits per heavy atom. The molecule has 8 rings (SSSR count). The quantitative estimate of drug-likeness (QED) is 0.0886. The minimum atomic E-state index is -2.48. The average molecular weight is 787 g/mol. The van der Waals surface area contributed by atoms with Crippen molar-refractivity contribution in [3.63, 3.8) is 0 Å². The zero-order chi connectivity index (χ0) is 40.1. The van der Waals surface area contributed by atoms with Crippen molar-refractivity contribution in [2.45, 2.75) is 76.0 Å². The number of aromatic nitrogens is 3. The molecule has 0 radical (unpaired) electrons.